The average molecular weight is 233 g/mol. The zero-order chi connectivity index (χ0) is 12.4. The topological polar surface area (TPSA) is 49.3 Å². The maximum Gasteiger partial charge on any atom is 0.255 e. The van der Waals surface area contributed by atoms with Gasteiger partial charge in [-0.05, 0) is 43.4 Å². The number of rotatable bonds is 4. The summed E-state index contributed by atoms with van der Waals surface area (Å²) >= 11 is 0. The van der Waals surface area contributed by atoms with Crippen LogP contribution < -0.4 is 5.32 Å². The van der Waals surface area contributed by atoms with E-state index in [0.29, 0.717) is 17.5 Å². The first-order valence-electron chi connectivity index (χ1n) is 6.22. The summed E-state index contributed by atoms with van der Waals surface area (Å²) in [4.78, 5) is 11.9. The average Bonchev–Trinajstić information content (AvgIpc) is 2.96. The van der Waals surface area contributed by atoms with E-state index in [1.807, 2.05) is 13.0 Å². The molecular formula is C14H19NO2. The molecule has 0 spiro atoms. The molecule has 2 rings (SSSR count). The highest BCUT2D eigenvalue weighted by molar-refractivity contribution is 5.97. The molecule has 3 nitrogen and oxygen atoms in total. The number of nitrogens with one attached hydrogen (secondary N) is 1. The Bertz CT molecular complexity index is 428. The standard InChI is InChI=1S/C14H19NO2/c1-3-4-10-8-12(10)15-14(17)11-6-5-9(2)7-13(11)16/h5-7,10,12,16H,3-4,8H2,1-2H3,(H,15,17). The lowest BCUT2D eigenvalue weighted by Crippen LogP contribution is -2.26. The van der Waals surface area contributed by atoms with Gasteiger partial charge in [0.15, 0.2) is 0 Å². The van der Waals surface area contributed by atoms with E-state index in [9.17, 15) is 9.90 Å². The maximum absolute atomic E-state index is 11.9. The lowest BCUT2D eigenvalue weighted by molar-refractivity contribution is 0.0946. The second-order valence-corrected chi connectivity index (χ2v) is 4.89. The van der Waals surface area contributed by atoms with Crippen LogP contribution >= 0.6 is 0 Å². The van der Waals surface area contributed by atoms with Gasteiger partial charge in [0.1, 0.15) is 5.75 Å². The molecule has 0 heterocycles. The van der Waals surface area contributed by atoms with E-state index in [4.69, 9.17) is 0 Å². The number of hydrogen-bond acceptors (Lipinski definition) is 2. The van der Waals surface area contributed by atoms with Crippen molar-refractivity contribution in [3.05, 3.63) is 29.3 Å². The molecule has 0 bridgehead atoms. The zero-order valence-electron chi connectivity index (χ0n) is 10.4. The molecule has 1 saturated carbocycles. The van der Waals surface area contributed by atoms with Crippen LogP contribution in [0.25, 0.3) is 0 Å². The van der Waals surface area contributed by atoms with Crippen LogP contribution in [0.3, 0.4) is 0 Å². The fourth-order valence-electron chi connectivity index (χ4n) is 2.19. The first-order valence-corrected chi connectivity index (χ1v) is 6.22. The Labute approximate surface area is 102 Å². The zero-order valence-corrected chi connectivity index (χ0v) is 10.4. The Morgan fingerprint density at radius 3 is 2.94 bits per heavy atom. The number of amides is 1. The fourth-order valence-corrected chi connectivity index (χ4v) is 2.19. The van der Waals surface area contributed by atoms with Crippen molar-refractivity contribution in [2.75, 3.05) is 0 Å². The van der Waals surface area contributed by atoms with Crippen molar-refractivity contribution in [3.63, 3.8) is 0 Å². The number of phenols is 1. The first-order chi connectivity index (χ1) is 8.11. The molecule has 17 heavy (non-hydrogen) atoms. The molecule has 1 aliphatic carbocycles. The third-order valence-electron chi connectivity index (χ3n) is 3.30. The van der Waals surface area contributed by atoms with Crippen LogP contribution in [0.2, 0.25) is 0 Å². The Morgan fingerprint density at radius 1 is 1.53 bits per heavy atom. The summed E-state index contributed by atoms with van der Waals surface area (Å²) in [6, 6.07) is 5.44. The third kappa shape index (κ3) is 2.78. The summed E-state index contributed by atoms with van der Waals surface area (Å²) in [5.74, 6) is 0.540. The number of aromatic hydroxyl groups is 1. The summed E-state index contributed by atoms with van der Waals surface area (Å²) < 4.78 is 0. The summed E-state index contributed by atoms with van der Waals surface area (Å²) in [7, 11) is 0. The smallest absolute Gasteiger partial charge is 0.255 e. The molecule has 92 valence electrons. The van der Waals surface area contributed by atoms with E-state index in [1.54, 1.807) is 12.1 Å². The molecule has 2 unspecified atom stereocenters. The molecule has 1 aromatic carbocycles. The molecule has 0 saturated heterocycles. The van der Waals surface area contributed by atoms with Crippen molar-refractivity contribution in [3.8, 4) is 5.75 Å². The van der Waals surface area contributed by atoms with E-state index < -0.39 is 0 Å². The summed E-state index contributed by atoms with van der Waals surface area (Å²) in [5.41, 5.74) is 1.33. The number of aryl methyl sites for hydroxylation is 1. The van der Waals surface area contributed by atoms with Gasteiger partial charge in [0.05, 0.1) is 5.56 Å². The van der Waals surface area contributed by atoms with Crippen molar-refractivity contribution in [1.82, 2.24) is 5.32 Å². The normalized spacial score (nSPS) is 22.2. The second-order valence-electron chi connectivity index (χ2n) is 4.89. The highest BCUT2D eigenvalue weighted by Gasteiger charge is 2.37. The van der Waals surface area contributed by atoms with E-state index >= 15 is 0 Å². The largest absolute Gasteiger partial charge is 0.507 e. The van der Waals surface area contributed by atoms with E-state index in [2.05, 4.69) is 12.2 Å². The minimum Gasteiger partial charge on any atom is -0.507 e. The van der Waals surface area contributed by atoms with Gasteiger partial charge in [-0.15, -0.1) is 0 Å². The van der Waals surface area contributed by atoms with Crippen molar-refractivity contribution in [2.24, 2.45) is 5.92 Å². The predicted molar refractivity (Wildman–Crippen MR) is 67.1 cm³/mol. The van der Waals surface area contributed by atoms with Crippen molar-refractivity contribution < 1.29 is 9.90 Å². The maximum atomic E-state index is 11.9. The van der Waals surface area contributed by atoms with Crippen LogP contribution in [0.15, 0.2) is 18.2 Å². The molecule has 1 aromatic rings. The second kappa shape index (κ2) is 4.78. The Kier molecular flexibility index (Phi) is 3.36. The Hall–Kier alpha value is -1.51. The summed E-state index contributed by atoms with van der Waals surface area (Å²) in [6.45, 7) is 4.04. The van der Waals surface area contributed by atoms with E-state index in [1.165, 1.54) is 6.42 Å². The molecule has 0 aromatic heterocycles. The highest BCUT2D eigenvalue weighted by atomic mass is 16.3. The minimum atomic E-state index is -0.161. The van der Waals surface area contributed by atoms with Gasteiger partial charge in [-0.3, -0.25) is 4.79 Å². The lowest BCUT2D eigenvalue weighted by atomic mass is 10.1. The molecule has 3 heteroatoms. The fraction of sp³-hybridized carbons (Fsp3) is 0.500. The molecular weight excluding hydrogens is 214 g/mol. The van der Waals surface area contributed by atoms with Gasteiger partial charge < -0.3 is 10.4 Å². The summed E-state index contributed by atoms with van der Waals surface area (Å²) in [6.07, 6.45) is 3.41. The van der Waals surface area contributed by atoms with Gasteiger partial charge in [-0.2, -0.15) is 0 Å². The van der Waals surface area contributed by atoms with Crippen molar-refractivity contribution >= 4 is 5.91 Å². The Balaban J connectivity index is 1.96. The third-order valence-corrected chi connectivity index (χ3v) is 3.30. The number of benzene rings is 1. The number of carbonyl (C=O) groups excluding carboxylic acids is 1. The van der Waals surface area contributed by atoms with Crippen LogP contribution in [0.4, 0.5) is 0 Å². The molecule has 0 aliphatic heterocycles. The van der Waals surface area contributed by atoms with Gasteiger partial charge in [-0.1, -0.05) is 19.4 Å². The molecule has 2 atom stereocenters. The van der Waals surface area contributed by atoms with Gasteiger partial charge in [0.25, 0.3) is 5.91 Å². The van der Waals surface area contributed by atoms with Gasteiger partial charge >= 0.3 is 0 Å². The number of carbonyl (C=O) groups is 1. The highest BCUT2D eigenvalue weighted by Crippen LogP contribution is 2.35. The molecule has 1 aliphatic rings. The van der Waals surface area contributed by atoms with Gasteiger partial charge in [0.2, 0.25) is 0 Å². The van der Waals surface area contributed by atoms with E-state index in [-0.39, 0.29) is 11.7 Å². The Morgan fingerprint density at radius 2 is 2.29 bits per heavy atom. The van der Waals surface area contributed by atoms with Gasteiger partial charge in [-0.25, -0.2) is 0 Å². The number of hydrogen-bond donors (Lipinski definition) is 2. The molecule has 1 fully saturated rings. The first kappa shape index (κ1) is 12.0. The van der Waals surface area contributed by atoms with Crippen LogP contribution in [0.5, 0.6) is 5.75 Å². The lowest BCUT2D eigenvalue weighted by Gasteiger charge is -2.07. The minimum absolute atomic E-state index is 0.0650. The SMILES string of the molecule is CCCC1CC1NC(=O)c1ccc(C)cc1O. The predicted octanol–water partition coefficient (Wildman–Crippen LogP) is 2.62. The van der Waals surface area contributed by atoms with Crippen LogP contribution in [-0.4, -0.2) is 17.1 Å². The van der Waals surface area contributed by atoms with Crippen molar-refractivity contribution in [2.45, 2.75) is 39.2 Å². The quantitative estimate of drug-likeness (QED) is 0.839. The van der Waals surface area contributed by atoms with Crippen LogP contribution in [0.1, 0.15) is 42.1 Å². The van der Waals surface area contributed by atoms with Crippen molar-refractivity contribution in [1.29, 1.82) is 0 Å². The van der Waals surface area contributed by atoms with Crippen LogP contribution in [0, 0.1) is 12.8 Å². The number of phenolic OH excluding ortho intramolecular Hbond substituents is 1. The molecule has 2 N–H and O–H groups in total. The van der Waals surface area contributed by atoms with Crippen LogP contribution in [-0.2, 0) is 0 Å². The monoisotopic (exact) mass is 233 g/mol. The molecule has 0 radical (unpaired) electrons. The molecule has 1 amide bonds. The summed E-state index contributed by atoms with van der Waals surface area (Å²) in [5, 5.41) is 12.7. The van der Waals surface area contributed by atoms with Gasteiger partial charge in [0, 0.05) is 6.04 Å². The van der Waals surface area contributed by atoms with E-state index in [0.717, 1.165) is 18.4 Å².